The molecule has 0 aromatic heterocycles. The molecule has 2 aromatic carbocycles. The number of nitrogens with one attached hydrogen (secondary N) is 3. The van der Waals surface area contributed by atoms with Crippen LogP contribution in [0.4, 0.5) is 18.0 Å². The fourth-order valence-electron chi connectivity index (χ4n) is 11.8. The van der Waals surface area contributed by atoms with Crippen molar-refractivity contribution in [3.8, 4) is 40.9 Å². The fraction of sp³-hybridized carbons (Fsp3) is 0.609. The van der Waals surface area contributed by atoms with Crippen molar-refractivity contribution in [3.05, 3.63) is 85.2 Å². The first-order chi connectivity index (χ1) is 45.0. The van der Waals surface area contributed by atoms with E-state index >= 15 is 0 Å². The van der Waals surface area contributed by atoms with Crippen LogP contribution in [0.15, 0.2) is 59.3 Å². The largest absolute Gasteiger partial charge is 0.492 e. The van der Waals surface area contributed by atoms with Gasteiger partial charge in [-0.05, 0) is 106 Å². The highest BCUT2D eigenvalue weighted by atomic mass is 127. The highest BCUT2D eigenvalue weighted by molar-refractivity contribution is 14.1. The van der Waals surface area contributed by atoms with E-state index in [0.717, 1.165) is 19.2 Å². The van der Waals surface area contributed by atoms with Gasteiger partial charge in [-0.3, -0.25) is 14.9 Å². The Bertz CT molecular complexity index is 3300. The van der Waals surface area contributed by atoms with Gasteiger partial charge >= 0.3 is 12.3 Å². The minimum absolute atomic E-state index is 0.0177. The number of halogens is 4. The van der Waals surface area contributed by atoms with E-state index in [1.807, 2.05) is 43.4 Å². The summed E-state index contributed by atoms with van der Waals surface area (Å²) in [4.78, 5) is 33.6. The SMILES string of the molecule is CCN[C@H]1CO[C@@H](O[C@H]2[C@H](O[C@H]3C#CC=CC#C[C@]4(O)CC(=O)C(NC(=O)OC)=C3/C4=C\CSSC(C)(C)c3ccc(C(F)(F)F)cc3)O[C@H](C)[C@@H](NO[C@H]3C[C@H](O)[C@H]([SH]=C(O)c4c(C)c(I)c(O[C@@H]5O[C@@H](C)[C@H](O)[C@@H](OC)[C@H]5O)c(OC)c4OC)[C@@H](C)O3)[C@@H]2O)C[C@@H]1OC. The predicted octanol–water partition coefficient (Wildman–Crippen LogP) is 5.50. The van der Waals surface area contributed by atoms with Crippen LogP contribution in [0.3, 0.4) is 0 Å². The Morgan fingerprint density at radius 2 is 1.55 bits per heavy atom. The van der Waals surface area contributed by atoms with E-state index in [1.54, 1.807) is 40.9 Å². The van der Waals surface area contributed by atoms with E-state index in [2.05, 4.69) is 39.8 Å². The van der Waals surface area contributed by atoms with Gasteiger partial charge in [-0.1, -0.05) is 70.4 Å². The number of methoxy groups -OCH3 is 5. The predicted molar refractivity (Wildman–Crippen MR) is 354 cm³/mol. The first kappa shape index (κ1) is 76.6. The van der Waals surface area contributed by atoms with Crippen molar-refractivity contribution in [2.24, 2.45) is 0 Å². The van der Waals surface area contributed by atoms with Gasteiger partial charge in [-0.15, -0.1) is 0 Å². The van der Waals surface area contributed by atoms with Crippen molar-refractivity contribution in [2.75, 3.05) is 54.5 Å². The number of aliphatic hydroxyl groups excluding tert-OH is 5. The molecule has 526 valence electrons. The maximum atomic E-state index is 14.4. The van der Waals surface area contributed by atoms with Crippen LogP contribution in [0.25, 0.3) is 0 Å². The molecule has 4 fully saturated rings. The molecule has 95 heavy (non-hydrogen) atoms. The normalized spacial score (nSPS) is 33.5. The highest BCUT2D eigenvalue weighted by Crippen LogP contribution is 2.49. The number of alkyl halides is 3. The van der Waals surface area contributed by atoms with Gasteiger partial charge in [0.2, 0.25) is 12.0 Å². The van der Waals surface area contributed by atoms with E-state index in [9.17, 15) is 53.4 Å². The first-order valence-electron chi connectivity index (χ1n) is 30.5. The minimum Gasteiger partial charge on any atom is -0.492 e. The molecule has 8 rings (SSSR count). The number of amides is 1. The molecule has 9 N–H and O–H groups in total. The van der Waals surface area contributed by atoms with Gasteiger partial charge in [0.15, 0.2) is 41.8 Å². The number of likely N-dealkylation sites (N-methyl/N-ethyl adjacent to an activating group) is 1. The van der Waals surface area contributed by atoms with Gasteiger partial charge in [0, 0.05) is 48.7 Å². The second-order valence-electron chi connectivity index (χ2n) is 23.6. The summed E-state index contributed by atoms with van der Waals surface area (Å²) in [6, 6.07) is 3.48. The third-order valence-electron chi connectivity index (χ3n) is 16.9. The molecular weight excluding hydrogens is 1430 g/mol. The van der Waals surface area contributed by atoms with Gasteiger partial charge in [-0.2, -0.15) is 30.0 Å². The zero-order valence-corrected chi connectivity index (χ0v) is 58.9. The lowest BCUT2D eigenvalue weighted by Gasteiger charge is -2.46. The molecule has 0 spiro atoms. The number of hydroxylamine groups is 1. The first-order valence-corrected chi connectivity index (χ1v) is 34.8. The number of ketones is 1. The number of hydrogen-bond donors (Lipinski definition) is 10. The number of benzene rings is 2. The lowest BCUT2D eigenvalue weighted by molar-refractivity contribution is -0.336. The summed E-state index contributed by atoms with van der Waals surface area (Å²) in [5.41, 5.74) is 0.772. The average Bonchev–Trinajstić information content (AvgIpc) is 0.792. The van der Waals surface area contributed by atoms with Crippen LogP contribution in [0, 0.1) is 34.2 Å². The number of thiol groups is 1. The minimum atomic E-state index is -4.52. The van der Waals surface area contributed by atoms with Crippen LogP contribution >= 0.6 is 55.5 Å². The molecular formula is C64H83F3IN3O21S3. The molecule has 1 amide bonds. The summed E-state index contributed by atoms with van der Waals surface area (Å²) in [6.07, 6.45) is -19.3. The molecule has 0 unspecified atom stereocenters. The molecule has 24 nitrogen and oxygen atoms in total. The van der Waals surface area contributed by atoms with Crippen LogP contribution in [0.1, 0.15) is 83.1 Å². The second kappa shape index (κ2) is 33.4. The Morgan fingerprint density at radius 3 is 2.19 bits per heavy atom. The van der Waals surface area contributed by atoms with E-state index < -0.39 is 144 Å². The molecule has 4 heterocycles. The standard InChI is InChI=1S/C64H83F3IN3O21S3/c1-13-69-37-29-85-42(27-41(37)80-8)90-55-50(75)47(71-92-43-26-38(72)57(33(5)86-43)94-58(77)44-30(2)46(68)53(56(83-11)52(44)81-9)91-59-51(76)54(82-10)49(74)32(4)88-59)31(3)87-60(55)89-40-18-16-14-15-17-24-63(79)28-39(73)48(70-61(78)84-12)45(40)36(63)23-25-93-95-62(6,7)34-19-21-35(22-20-34)64(65,66)67/h14-15,19-23,31-33,37-38,40-43,47,49-51,54-55,57,59-60,69,71-72,74-77,79,94H,13,25-29H2,1-12H3,(H,70,78)/b15-14?,36-23+/t31-,32+,33-,37+,38+,40+,41+,42+,43+,47-,49+,50+,51-,54-,55-,57-,59+,60+,63+/m1/s1. The summed E-state index contributed by atoms with van der Waals surface area (Å²) in [5, 5.41) is 75.6. The van der Waals surface area contributed by atoms with E-state index in [1.165, 1.54) is 67.2 Å². The quantitative estimate of drug-likeness (QED) is 0.0125. The molecule has 2 aliphatic carbocycles. The number of allylic oxidation sites excluding steroid dienone is 3. The van der Waals surface area contributed by atoms with Crippen molar-refractivity contribution in [3.63, 3.8) is 0 Å². The summed E-state index contributed by atoms with van der Waals surface area (Å²) >= 11 is 2.24. The molecule has 0 saturated carbocycles. The third-order valence-corrected chi connectivity index (χ3v) is 22.8. The van der Waals surface area contributed by atoms with Crippen LogP contribution in [-0.2, 0) is 63.2 Å². The Hall–Kier alpha value is -4.12. The monoisotopic (exact) mass is 1510 g/mol. The van der Waals surface area contributed by atoms with Crippen LogP contribution < -0.4 is 30.3 Å². The van der Waals surface area contributed by atoms with Crippen molar-refractivity contribution < 1.29 is 115 Å². The molecule has 6 aliphatic rings. The smallest absolute Gasteiger partial charge is 0.416 e. The van der Waals surface area contributed by atoms with Crippen molar-refractivity contribution in [2.45, 2.75) is 194 Å². The number of Topliss-reactive ketones (excluding diaryl/α,β-unsaturated/α-hetero) is 1. The Kier molecular flexibility index (Phi) is 26.9. The molecule has 4 saturated heterocycles. The lowest BCUT2D eigenvalue weighted by Crippen LogP contribution is -2.65. The van der Waals surface area contributed by atoms with E-state index in [4.69, 9.17) is 61.7 Å². The van der Waals surface area contributed by atoms with Crippen LogP contribution in [0.2, 0.25) is 0 Å². The maximum Gasteiger partial charge on any atom is 0.416 e. The number of aliphatic hydroxyl groups is 6. The number of fused-ring (bicyclic) bond motifs is 2. The molecule has 2 aromatic rings. The van der Waals surface area contributed by atoms with Crippen molar-refractivity contribution >= 4 is 72.5 Å². The molecule has 4 aliphatic heterocycles. The maximum absolute atomic E-state index is 14.4. The Labute approximate surface area is 574 Å². The second-order valence-corrected chi connectivity index (χ2v) is 28.9. The summed E-state index contributed by atoms with van der Waals surface area (Å²) in [6.45, 7) is 13.0. The summed E-state index contributed by atoms with van der Waals surface area (Å²) < 4.78 is 113. The van der Waals surface area contributed by atoms with Gasteiger partial charge < -0.3 is 92.8 Å². The van der Waals surface area contributed by atoms with Crippen LogP contribution in [-0.4, -0.2) is 217 Å². The van der Waals surface area contributed by atoms with Gasteiger partial charge in [0.25, 0.3) is 0 Å². The van der Waals surface area contributed by atoms with Gasteiger partial charge in [0.1, 0.15) is 41.7 Å². The van der Waals surface area contributed by atoms with Crippen LogP contribution in [0.5, 0.6) is 17.2 Å². The highest BCUT2D eigenvalue weighted by Gasteiger charge is 2.52. The van der Waals surface area contributed by atoms with Crippen molar-refractivity contribution in [1.29, 1.82) is 0 Å². The topological polar surface area (TPSA) is 312 Å². The molecule has 0 radical (unpaired) electrons. The number of ether oxygens (including phenoxy) is 12. The molecule has 2 bridgehead atoms. The Balaban J connectivity index is 1.05. The Morgan fingerprint density at radius 1 is 0.863 bits per heavy atom. The van der Waals surface area contributed by atoms with E-state index in [0.29, 0.717) is 21.2 Å². The number of hydrogen-bond acceptors (Lipinski definition) is 24. The number of carbonyl (C=O) groups excluding carboxylic acids is 2. The van der Waals surface area contributed by atoms with Crippen molar-refractivity contribution in [1.82, 2.24) is 16.1 Å². The van der Waals surface area contributed by atoms with Gasteiger partial charge in [0.05, 0.1) is 103 Å². The number of carbonyl (C=O) groups is 2. The van der Waals surface area contributed by atoms with Gasteiger partial charge in [-0.25, -0.2) is 4.79 Å². The molecule has 31 heteroatoms. The lowest BCUT2D eigenvalue weighted by atomic mass is 9.75. The summed E-state index contributed by atoms with van der Waals surface area (Å²) in [7, 11) is 9.37. The fourth-order valence-corrected chi connectivity index (χ4v) is 16.1. The van der Waals surface area contributed by atoms with E-state index in [-0.39, 0.29) is 87.3 Å². The zero-order valence-electron chi connectivity index (χ0n) is 54.3. The zero-order chi connectivity index (χ0) is 69.4. The average molecular weight is 1510 g/mol. The summed E-state index contributed by atoms with van der Waals surface area (Å²) in [5.74, 6) is 11.0. The third kappa shape index (κ3) is 17.7. The number of alkyl carbamates (subject to hydrolysis) is 1. The molecule has 19 atom stereocenters. The number of rotatable bonds is 23.